The van der Waals surface area contributed by atoms with Gasteiger partial charge in [-0.25, -0.2) is 0 Å². The Morgan fingerprint density at radius 3 is 2.59 bits per heavy atom. The second-order valence-electron chi connectivity index (χ2n) is 7.98. The lowest BCUT2D eigenvalue weighted by Gasteiger charge is -2.14. The third-order valence-electron chi connectivity index (χ3n) is 5.34. The van der Waals surface area contributed by atoms with Crippen molar-refractivity contribution >= 4 is 17.4 Å². The van der Waals surface area contributed by atoms with Crippen molar-refractivity contribution in [1.82, 2.24) is 14.8 Å². The third kappa shape index (κ3) is 7.30. The molecular weight excluding hydrogens is 416 g/mol. The van der Waals surface area contributed by atoms with E-state index < -0.39 is 0 Å². The lowest BCUT2D eigenvalue weighted by molar-refractivity contribution is 0.314. The topological polar surface area (TPSA) is 52.0 Å². The number of ether oxygens (including phenoxy) is 1. The van der Waals surface area contributed by atoms with E-state index in [2.05, 4.69) is 65.2 Å². The van der Waals surface area contributed by atoms with Gasteiger partial charge in [0.1, 0.15) is 11.6 Å². The lowest BCUT2D eigenvalue weighted by atomic mass is 10.1. The van der Waals surface area contributed by atoms with Crippen LogP contribution in [-0.2, 0) is 20.0 Å². The van der Waals surface area contributed by atoms with Crippen LogP contribution in [0.3, 0.4) is 0 Å². The summed E-state index contributed by atoms with van der Waals surface area (Å²) in [5, 5.41) is 13.2. The Morgan fingerprint density at radius 2 is 1.81 bits per heavy atom. The van der Waals surface area contributed by atoms with Crippen LogP contribution in [0.2, 0.25) is 0 Å². The van der Waals surface area contributed by atoms with E-state index >= 15 is 0 Å². The first-order chi connectivity index (χ1) is 15.7. The largest absolute Gasteiger partial charge is 0.493 e. The van der Waals surface area contributed by atoms with Gasteiger partial charge in [0.2, 0.25) is 0 Å². The van der Waals surface area contributed by atoms with Gasteiger partial charge in [-0.1, -0.05) is 57.7 Å². The predicted molar refractivity (Wildman–Crippen MR) is 132 cm³/mol. The van der Waals surface area contributed by atoms with Gasteiger partial charge in [-0.05, 0) is 54.9 Å². The summed E-state index contributed by atoms with van der Waals surface area (Å²) in [6, 6.07) is 17.3. The summed E-state index contributed by atoms with van der Waals surface area (Å²) in [5.74, 6) is 1.98. The molecule has 0 saturated heterocycles. The van der Waals surface area contributed by atoms with Crippen LogP contribution in [-0.4, -0.2) is 21.4 Å². The number of aryl methyl sites for hydroxylation is 1. The van der Waals surface area contributed by atoms with Gasteiger partial charge in [0.15, 0.2) is 5.16 Å². The Balaban J connectivity index is 1.64. The van der Waals surface area contributed by atoms with Crippen molar-refractivity contribution in [2.24, 2.45) is 7.05 Å². The average Bonchev–Trinajstić information content (AvgIpc) is 3.16. The Bertz CT molecular complexity index is 942. The second kappa shape index (κ2) is 13.2. The Morgan fingerprint density at radius 1 is 1.00 bits per heavy atom. The van der Waals surface area contributed by atoms with Crippen LogP contribution in [0, 0.1) is 6.07 Å². The average molecular weight is 452 g/mol. The monoisotopic (exact) mass is 451 g/mol. The van der Waals surface area contributed by atoms with Crippen molar-refractivity contribution in [1.29, 1.82) is 0 Å². The quantitative estimate of drug-likeness (QED) is 0.277. The molecule has 1 aromatic heterocycles. The molecule has 0 amide bonds. The Hall–Kier alpha value is -2.47. The summed E-state index contributed by atoms with van der Waals surface area (Å²) in [6.07, 6.45) is 8.29. The van der Waals surface area contributed by atoms with Gasteiger partial charge in [-0.2, -0.15) is 0 Å². The molecule has 2 aromatic carbocycles. The number of unbranched alkanes of at least 4 members (excludes halogenated alkanes) is 4. The van der Waals surface area contributed by atoms with Gasteiger partial charge < -0.3 is 14.6 Å². The van der Waals surface area contributed by atoms with Gasteiger partial charge in [0.25, 0.3) is 0 Å². The molecule has 0 saturated carbocycles. The number of nitrogens with zero attached hydrogens (tertiary/aromatic N) is 3. The van der Waals surface area contributed by atoms with Gasteiger partial charge in [-0.15, -0.1) is 10.2 Å². The summed E-state index contributed by atoms with van der Waals surface area (Å²) < 4.78 is 8.20. The zero-order valence-electron chi connectivity index (χ0n) is 19.6. The fourth-order valence-electron chi connectivity index (χ4n) is 3.44. The van der Waals surface area contributed by atoms with Gasteiger partial charge in [0.05, 0.1) is 6.61 Å². The standard InChI is InChI=1S/C26H35N4OS/c1-4-6-7-8-12-15-25-28-29-26(30(25)3)32-23-17-16-21(24(19-23)31-18-5-2)20-27-22-13-10-9-11-14-22/h10-11,13-14,16-17,19,27H,4-8,12,15,18,20H2,1-3H3. The van der Waals surface area contributed by atoms with Gasteiger partial charge in [0, 0.05) is 36.2 Å². The molecule has 0 atom stereocenters. The van der Waals surface area contributed by atoms with Crippen LogP contribution in [0.15, 0.2) is 52.5 Å². The molecule has 3 aromatic rings. The van der Waals surface area contributed by atoms with Crippen molar-refractivity contribution < 1.29 is 4.74 Å². The van der Waals surface area contributed by atoms with E-state index in [4.69, 9.17) is 4.74 Å². The molecule has 6 heteroatoms. The van der Waals surface area contributed by atoms with Crippen LogP contribution in [0.4, 0.5) is 5.69 Å². The van der Waals surface area contributed by atoms with Crippen molar-refractivity contribution in [3.8, 4) is 5.75 Å². The molecule has 5 nitrogen and oxygen atoms in total. The van der Waals surface area contributed by atoms with Crippen molar-refractivity contribution in [2.45, 2.75) is 75.4 Å². The van der Waals surface area contributed by atoms with E-state index in [1.807, 2.05) is 24.3 Å². The molecule has 3 rings (SSSR count). The predicted octanol–water partition coefficient (Wildman–Crippen LogP) is 6.68. The first-order valence-corrected chi connectivity index (χ1v) is 12.5. The first-order valence-electron chi connectivity index (χ1n) is 11.7. The second-order valence-corrected chi connectivity index (χ2v) is 9.02. The summed E-state index contributed by atoms with van der Waals surface area (Å²) >= 11 is 1.64. The molecule has 1 N–H and O–H groups in total. The highest BCUT2D eigenvalue weighted by atomic mass is 32.2. The maximum atomic E-state index is 6.07. The number of aromatic nitrogens is 3. The van der Waals surface area contributed by atoms with E-state index in [-0.39, 0.29) is 0 Å². The SMILES string of the molecule is CCCCCCCc1nnc(Sc2ccc(CNc3cc[c]cc3)c(OCCC)c2)n1C. The van der Waals surface area contributed by atoms with Gasteiger partial charge in [-0.3, -0.25) is 0 Å². The molecule has 32 heavy (non-hydrogen) atoms. The van der Waals surface area contributed by atoms with Crippen molar-refractivity contribution in [3.05, 3.63) is 59.9 Å². The molecule has 0 bridgehead atoms. The summed E-state index contributed by atoms with van der Waals surface area (Å²) in [7, 11) is 2.06. The molecule has 0 spiro atoms. The van der Waals surface area contributed by atoms with Crippen LogP contribution in [0.25, 0.3) is 0 Å². The first kappa shape index (κ1) is 24.2. The smallest absolute Gasteiger partial charge is 0.195 e. The number of nitrogens with one attached hydrogen (secondary N) is 1. The number of benzene rings is 2. The fraction of sp³-hybridized carbons (Fsp3) is 0.462. The highest BCUT2D eigenvalue weighted by Crippen LogP contribution is 2.32. The minimum Gasteiger partial charge on any atom is -0.493 e. The van der Waals surface area contributed by atoms with E-state index in [0.717, 1.165) is 45.7 Å². The zero-order valence-corrected chi connectivity index (χ0v) is 20.4. The number of rotatable bonds is 14. The number of hydrogen-bond donors (Lipinski definition) is 1. The normalized spacial score (nSPS) is 11.0. The minimum atomic E-state index is 0.702. The van der Waals surface area contributed by atoms with Crippen LogP contribution >= 0.6 is 11.8 Å². The van der Waals surface area contributed by atoms with Crippen LogP contribution < -0.4 is 10.1 Å². The number of anilines is 1. The minimum absolute atomic E-state index is 0.702. The number of hydrogen-bond acceptors (Lipinski definition) is 5. The maximum absolute atomic E-state index is 6.07. The van der Waals surface area contributed by atoms with E-state index in [9.17, 15) is 0 Å². The molecule has 0 unspecified atom stereocenters. The highest BCUT2D eigenvalue weighted by Gasteiger charge is 2.12. The maximum Gasteiger partial charge on any atom is 0.195 e. The summed E-state index contributed by atoms with van der Waals surface area (Å²) in [6.45, 7) is 5.78. The fourth-order valence-corrected chi connectivity index (χ4v) is 4.27. The van der Waals surface area contributed by atoms with E-state index in [1.165, 1.54) is 32.1 Å². The molecule has 0 aliphatic rings. The summed E-state index contributed by atoms with van der Waals surface area (Å²) in [5.41, 5.74) is 2.21. The molecule has 1 radical (unpaired) electrons. The Labute approximate surface area is 197 Å². The molecule has 1 heterocycles. The molecule has 171 valence electrons. The van der Waals surface area contributed by atoms with Gasteiger partial charge >= 0.3 is 0 Å². The van der Waals surface area contributed by atoms with Crippen LogP contribution in [0.5, 0.6) is 5.75 Å². The van der Waals surface area contributed by atoms with Crippen molar-refractivity contribution in [3.63, 3.8) is 0 Å². The van der Waals surface area contributed by atoms with E-state index in [0.29, 0.717) is 13.2 Å². The molecule has 0 aliphatic carbocycles. The van der Waals surface area contributed by atoms with E-state index in [1.54, 1.807) is 11.8 Å². The molecule has 0 fully saturated rings. The lowest BCUT2D eigenvalue weighted by Crippen LogP contribution is -2.04. The third-order valence-corrected chi connectivity index (χ3v) is 6.37. The highest BCUT2D eigenvalue weighted by molar-refractivity contribution is 7.99. The Kier molecular flexibility index (Phi) is 9.95. The van der Waals surface area contributed by atoms with Crippen molar-refractivity contribution in [2.75, 3.05) is 11.9 Å². The molecular formula is C26H35N4OS. The summed E-state index contributed by atoms with van der Waals surface area (Å²) in [4.78, 5) is 1.11. The zero-order chi connectivity index (χ0) is 22.6. The van der Waals surface area contributed by atoms with Crippen LogP contribution in [0.1, 0.15) is 63.8 Å². The molecule has 0 aliphatic heterocycles.